The Morgan fingerprint density at radius 3 is 0.519 bits per heavy atom. The van der Waals surface area contributed by atoms with Crippen molar-refractivity contribution in [1.29, 1.82) is 0 Å². The zero-order valence-corrected chi connectivity index (χ0v) is 56.1. The molecule has 0 saturated heterocycles. The molecule has 8 heteroatoms. The summed E-state index contributed by atoms with van der Waals surface area (Å²) in [6.07, 6.45) is 61.3. The van der Waals surface area contributed by atoms with Gasteiger partial charge in [-0.1, -0.05) is 312 Å². The molecule has 0 aliphatic carbocycles. The smallest absolute Gasteiger partial charge is 0.162 e. The van der Waals surface area contributed by atoms with Crippen molar-refractivity contribution in [2.75, 3.05) is 26.4 Å². The van der Waals surface area contributed by atoms with Crippen molar-refractivity contribution < 1.29 is 18.9 Å². The van der Waals surface area contributed by atoms with E-state index in [0.29, 0.717) is 46.6 Å². The minimum atomic E-state index is -0.724. The quantitative estimate of drug-likeness (QED) is 0.0441. The molecule has 0 aromatic heterocycles. The Hall–Kier alpha value is -0.440. The molecule has 0 saturated carbocycles. The van der Waals surface area contributed by atoms with Crippen LogP contribution in [0.5, 0.6) is 0 Å². The van der Waals surface area contributed by atoms with Crippen LogP contribution in [-0.4, -0.2) is 46.6 Å². The van der Waals surface area contributed by atoms with Gasteiger partial charge >= 0.3 is 0 Å². The molecule has 0 spiro atoms. The molecule has 0 fully saturated rings. The van der Waals surface area contributed by atoms with E-state index in [1.807, 2.05) is 0 Å². The molecule has 77 heavy (non-hydrogen) atoms. The molecule has 0 amide bonds. The Kier molecular flexibility index (Phi) is 57.1. The molecule has 4 unspecified atom stereocenters. The molecular weight excluding hydrogens is 1020 g/mol. The zero-order chi connectivity index (χ0) is 56.7. The number of hydrogen-bond acceptors (Lipinski definition) is 8. The summed E-state index contributed by atoms with van der Waals surface area (Å²) in [5.74, 6) is 0.905. The van der Waals surface area contributed by atoms with Crippen LogP contribution in [0.3, 0.4) is 0 Å². The summed E-state index contributed by atoms with van der Waals surface area (Å²) in [4.78, 5) is 0. The molecule has 0 heterocycles. The molecule has 0 radical (unpaired) electrons. The summed E-state index contributed by atoms with van der Waals surface area (Å²) in [6, 6.07) is 0. The van der Waals surface area contributed by atoms with Gasteiger partial charge in [0.1, 0.15) is 31.8 Å². The lowest BCUT2D eigenvalue weighted by Crippen LogP contribution is -2.45. The number of thiocarbonyl (C=S) groups is 4. The van der Waals surface area contributed by atoms with Gasteiger partial charge in [0.2, 0.25) is 0 Å². The van der Waals surface area contributed by atoms with Crippen LogP contribution in [0.2, 0.25) is 0 Å². The third-order valence-electron chi connectivity index (χ3n) is 17.0. The molecule has 456 valence electrons. The number of ether oxygens (including phenoxy) is 4. The maximum absolute atomic E-state index is 6.84. The fourth-order valence-electron chi connectivity index (χ4n) is 11.1. The van der Waals surface area contributed by atoms with Gasteiger partial charge < -0.3 is 18.9 Å². The van der Waals surface area contributed by atoms with E-state index in [2.05, 4.69) is 55.4 Å². The van der Waals surface area contributed by atoms with Crippen molar-refractivity contribution in [2.45, 2.75) is 364 Å². The van der Waals surface area contributed by atoms with Gasteiger partial charge in [-0.25, -0.2) is 0 Å². The summed E-state index contributed by atoms with van der Waals surface area (Å²) in [7, 11) is 0. The summed E-state index contributed by atoms with van der Waals surface area (Å²) >= 11 is 24.8. The van der Waals surface area contributed by atoms with Gasteiger partial charge in [0, 0.05) is 23.7 Å². The maximum Gasteiger partial charge on any atom is 0.162 e. The van der Waals surface area contributed by atoms with E-state index in [1.54, 1.807) is 0 Å². The predicted octanol–water partition coefficient (Wildman–Crippen LogP) is 24.7. The highest BCUT2D eigenvalue weighted by molar-refractivity contribution is 7.80. The van der Waals surface area contributed by atoms with Crippen molar-refractivity contribution in [1.82, 2.24) is 0 Å². The van der Waals surface area contributed by atoms with E-state index < -0.39 is 5.41 Å². The lowest BCUT2D eigenvalue weighted by Gasteiger charge is -2.35. The van der Waals surface area contributed by atoms with Crippen LogP contribution in [0.15, 0.2) is 0 Å². The molecule has 4 atom stereocenters. The van der Waals surface area contributed by atoms with E-state index in [-0.39, 0.29) is 23.7 Å². The number of unbranched alkanes of at least 4 members (excludes halogenated alkanes) is 36. The van der Waals surface area contributed by atoms with Crippen LogP contribution in [0, 0.1) is 29.1 Å². The highest BCUT2D eigenvalue weighted by atomic mass is 32.1. The summed E-state index contributed by atoms with van der Waals surface area (Å²) in [5, 5.41) is 2.81. The van der Waals surface area contributed by atoms with Crippen molar-refractivity contribution in [2.24, 2.45) is 29.1 Å². The Labute approximate surface area is 503 Å². The van der Waals surface area contributed by atoms with Crippen LogP contribution >= 0.6 is 48.9 Å². The molecule has 0 rings (SSSR count). The first kappa shape index (κ1) is 76.6. The Balaban J connectivity index is 6.27. The molecule has 0 N–H and O–H groups in total. The van der Waals surface area contributed by atoms with E-state index in [1.165, 1.54) is 257 Å². The van der Waals surface area contributed by atoms with Gasteiger partial charge in [0.05, 0.1) is 0 Å². The first-order chi connectivity index (χ1) is 37.6. The second kappa shape index (κ2) is 57.4. The number of hydrogen-bond donors (Lipinski definition) is 0. The molecule has 0 bridgehead atoms. The fourth-order valence-corrected chi connectivity index (χ4v) is 12.5. The minimum Gasteiger partial charge on any atom is -0.486 e. The topological polar surface area (TPSA) is 36.9 Å². The van der Waals surface area contributed by atoms with E-state index in [0.717, 1.165) is 51.4 Å². The van der Waals surface area contributed by atoms with E-state index >= 15 is 0 Å². The zero-order valence-electron chi connectivity index (χ0n) is 52.8. The highest BCUT2D eigenvalue weighted by Crippen LogP contribution is 2.30. The van der Waals surface area contributed by atoms with Crippen LogP contribution in [0.25, 0.3) is 0 Å². The lowest BCUT2D eigenvalue weighted by atomic mass is 9.91. The predicted molar refractivity (Wildman–Crippen MR) is 358 cm³/mol. The third kappa shape index (κ3) is 44.8. The van der Waals surface area contributed by atoms with Gasteiger partial charge in [-0.15, -0.1) is 0 Å². The van der Waals surface area contributed by atoms with Crippen LogP contribution in [0.1, 0.15) is 364 Å². The second-order valence-electron chi connectivity index (χ2n) is 24.2. The molecule has 4 nitrogen and oxygen atoms in total. The first-order valence-corrected chi connectivity index (χ1v) is 35.9. The average Bonchev–Trinajstić information content (AvgIpc) is 3.44. The van der Waals surface area contributed by atoms with Crippen molar-refractivity contribution >= 4 is 69.1 Å². The maximum atomic E-state index is 6.84. The third-order valence-corrected chi connectivity index (χ3v) is 18.8. The van der Waals surface area contributed by atoms with Crippen LogP contribution in [0.4, 0.5) is 0 Å². The van der Waals surface area contributed by atoms with Crippen molar-refractivity contribution in [3.05, 3.63) is 0 Å². The van der Waals surface area contributed by atoms with E-state index in [9.17, 15) is 0 Å². The molecular formula is C69H132O4S4. The second-order valence-corrected chi connectivity index (χ2v) is 25.8. The Bertz CT molecular complexity index is 1130. The van der Waals surface area contributed by atoms with Gasteiger partial charge in [-0.3, -0.25) is 0 Å². The molecule has 0 aromatic carbocycles. The summed E-state index contributed by atoms with van der Waals surface area (Å²) < 4.78 is 27.4. The SMILES string of the molecule is CCCCCCCCCCCCC(CC)C(=S)OCC(COC(=S)C(CC)CCCCCCCCCCCC)(COC(=S)C(CC)CCCCCCCCCCCC)COC(=S)C(CC)CCCCCCCCCCCC. The number of rotatable bonds is 60. The summed E-state index contributed by atoms with van der Waals surface area (Å²) in [5.41, 5.74) is -0.724. The van der Waals surface area contributed by atoms with Gasteiger partial charge in [0.25, 0.3) is 0 Å². The molecule has 0 aromatic rings. The normalized spacial score (nSPS) is 13.9. The minimum absolute atomic E-state index is 0.226. The van der Waals surface area contributed by atoms with Crippen molar-refractivity contribution in [3.63, 3.8) is 0 Å². The van der Waals surface area contributed by atoms with Crippen molar-refractivity contribution in [3.8, 4) is 0 Å². The fraction of sp³-hybridized carbons (Fsp3) is 0.942. The monoisotopic (exact) mass is 1150 g/mol. The van der Waals surface area contributed by atoms with Crippen LogP contribution < -0.4 is 0 Å². The van der Waals surface area contributed by atoms with Gasteiger partial charge in [-0.2, -0.15) is 0 Å². The highest BCUT2D eigenvalue weighted by Gasteiger charge is 2.38. The largest absolute Gasteiger partial charge is 0.486 e. The standard InChI is InChI=1S/C69H132O4S4/c1-9-17-21-25-29-33-37-41-45-49-53-61(13-5)65(74)70-57-69(58-71-66(75)62(14-6)54-50-46-42-38-34-30-26-22-18-10-2,59-72-67(76)63(15-7)55-51-47-43-39-35-31-27-23-19-11-3)60-73-68(77)64(16-8)56-52-48-44-40-36-32-28-24-20-12-4/h61-64H,9-60H2,1-8H3. The first-order valence-electron chi connectivity index (χ1n) is 34.3. The van der Waals surface area contributed by atoms with E-state index in [4.69, 9.17) is 67.8 Å². The molecule has 0 aliphatic rings. The Morgan fingerprint density at radius 1 is 0.234 bits per heavy atom. The van der Waals surface area contributed by atoms with Gasteiger partial charge in [0.15, 0.2) is 20.2 Å². The Morgan fingerprint density at radius 2 is 0.377 bits per heavy atom. The average molecular weight is 1150 g/mol. The lowest BCUT2D eigenvalue weighted by molar-refractivity contribution is -0.0202. The van der Waals surface area contributed by atoms with Crippen LogP contribution in [-0.2, 0) is 18.9 Å². The summed E-state index contributed by atoms with van der Waals surface area (Å²) in [6.45, 7) is 19.5. The van der Waals surface area contributed by atoms with Gasteiger partial charge in [-0.05, 0) is 100 Å². The molecule has 0 aliphatic heterocycles.